The zero-order valence-corrected chi connectivity index (χ0v) is 9.22. The Bertz CT molecular complexity index is 250. The summed E-state index contributed by atoms with van der Waals surface area (Å²) in [7, 11) is 0. The third kappa shape index (κ3) is 4.11. The summed E-state index contributed by atoms with van der Waals surface area (Å²) in [5.74, 6) is 2.14. The van der Waals surface area contributed by atoms with Crippen molar-refractivity contribution in [2.24, 2.45) is 0 Å². The lowest BCUT2D eigenvalue weighted by atomic mass is 10.4. The van der Waals surface area contributed by atoms with Crippen molar-refractivity contribution in [2.45, 2.75) is 26.2 Å². The van der Waals surface area contributed by atoms with Crippen molar-refractivity contribution in [3.63, 3.8) is 0 Å². The SMILES string of the molecule is CCCOCCc1cnc(CCCl)o1. The maximum Gasteiger partial charge on any atom is 0.195 e. The minimum atomic E-state index is 0.548. The summed E-state index contributed by atoms with van der Waals surface area (Å²) >= 11 is 5.57. The third-order valence-electron chi connectivity index (χ3n) is 1.75. The Morgan fingerprint density at radius 3 is 3.00 bits per heavy atom. The van der Waals surface area contributed by atoms with Gasteiger partial charge >= 0.3 is 0 Å². The topological polar surface area (TPSA) is 35.3 Å². The molecule has 0 saturated heterocycles. The Hall–Kier alpha value is -0.540. The Balaban J connectivity index is 2.22. The smallest absolute Gasteiger partial charge is 0.195 e. The molecule has 1 heterocycles. The zero-order valence-electron chi connectivity index (χ0n) is 8.46. The van der Waals surface area contributed by atoms with Gasteiger partial charge in [0.25, 0.3) is 0 Å². The predicted octanol–water partition coefficient (Wildman–Crippen LogP) is 2.43. The van der Waals surface area contributed by atoms with E-state index in [-0.39, 0.29) is 0 Å². The fourth-order valence-electron chi connectivity index (χ4n) is 1.08. The van der Waals surface area contributed by atoms with Gasteiger partial charge in [-0.1, -0.05) is 6.92 Å². The lowest BCUT2D eigenvalue weighted by Crippen LogP contribution is -1.98. The quantitative estimate of drug-likeness (QED) is 0.520. The minimum Gasteiger partial charge on any atom is -0.446 e. The second-order valence-corrected chi connectivity index (χ2v) is 3.40. The molecular weight excluding hydrogens is 202 g/mol. The average Bonchev–Trinajstić information content (AvgIpc) is 2.61. The number of halogens is 1. The van der Waals surface area contributed by atoms with E-state index in [0.717, 1.165) is 25.2 Å². The molecule has 0 bridgehead atoms. The Labute approximate surface area is 89.4 Å². The van der Waals surface area contributed by atoms with Gasteiger partial charge in [-0.15, -0.1) is 11.6 Å². The first kappa shape index (κ1) is 11.5. The van der Waals surface area contributed by atoms with E-state index in [1.807, 2.05) is 0 Å². The van der Waals surface area contributed by atoms with Crippen molar-refractivity contribution in [3.8, 4) is 0 Å². The van der Waals surface area contributed by atoms with Gasteiger partial charge < -0.3 is 9.15 Å². The van der Waals surface area contributed by atoms with Crippen LogP contribution in [0.4, 0.5) is 0 Å². The Kier molecular flexibility index (Phi) is 5.64. The molecule has 1 aromatic rings. The standard InChI is InChI=1S/C10H16ClNO2/c1-2-6-13-7-4-9-8-12-10(14-9)3-5-11/h8H,2-7H2,1H3. The lowest BCUT2D eigenvalue weighted by Gasteiger charge is -1.98. The van der Waals surface area contributed by atoms with Crippen LogP contribution in [0.25, 0.3) is 0 Å². The molecule has 4 heteroatoms. The van der Waals surface area contributed by atoms with E-state index >= 15 is 0 Å². The monoisotopic (exact) mass is 217 g/mol. The summed E-state index contributed by atoms with van der Waals surface area (Å²) < 4.78 is 10.8. The molecule has 0 unspecified atom stereocenters. The van der Waals surface area contributed by atoms with Crippen molar-refractivity contribution < 1.29 is 9.15 Å². The summed E-state index contributed by atoms with van der Waals surface area (Å²) in [6, 6.07) is 0. The van der Waals surface area contributed by atoms with Crippen LogP contribution in [-0.4, -0.2) is 24.1 Å². The number of aromatic nitrogens is 1. The van der Waals surface area contributed by atoms with Gasteiger partial charge in [0, 0.05) is 25.3 Å². The predicted molar refractivity (Wildman–Crippen MR) is 55.7 cm³/mol. The van der Waals surface area contributed by atoms with E-state index in [1.54, 1.807) is 6.20 Å². The lowest BCUT2D eigenvalue weighted by molar-refractivity contribution is 0.134. The summed E-state index contributed by atoms with van der Waals surface area (Å²) in [6.07, 6.45) is 4.28. The minimum absolute atomic E-state index is 0.548. The van der Waals surface area contributed by atoms with Crippen LogP contribution in [0.1, 0.15) is 25.0 Å². The van der Waals surface area contributed by atoms with E-state index in [0.29, 0.717) is 24.8 Å². The van der Waals surface area contributed by atoms with Gasteiger partial charge in [-0.3, -0.25) is 0 Å². The first-order chi connectivity index (χ1) is 6.86. The normalized spacial score (nSPS) is 10.7. The van der Waals surface area contributed by atoms with E-state index < -0.39 is 0 Å². The van der Waals surface area contributed by atoms with Crippen molar-refractivity contribution in [1.29, 1.82) is 0 Å². The number of rotatable bonds is 7. The Morgan fingerprint density at radius 2 is 2.29 bits per heavy atom. The second-order valence-electron chi connectivity index (χ2n) is 3.02. The van der Waals surface area contributed by atoms with Crippen LogP contribution in [-0.2, 0) is 17.6 Å². The number of oxazole rings is 1. The fraction of sp³-hybridized carbons (Fsp3) is 0.700. The molecule has 0 aliphatic rings. The molecule has 0 radical (unpaired) electrons. The number of alkyl halides is 1. The van der Waals surface area contributed by atoms with E-state index in [1.165, 1.54) is 0 Å². The van der Waals surface area contributed by atoms with Crippen LogP contribution < -0.4 is 0 Å². The molecule has 1 rings (SSSR count). The molecule has 0 N–H and O–H groups in total. The van der Waals surface area contributed by atoms with Gasteiger partial charge in [0.05, 0.1) is 12.8 Å². The molecule has 0 spiro atoms. The summed E-state index contributed by atoms with van der Waals surface area (Å²) in [5.41, 5.74) is 0. The maximum absolute atomic E-state index is 5.57. The fourth-order valence-corrected chi connectivity index (χ4v) is 1.24. The maximum atomic E-state index is 5.57. The molecule has 14 heavy (non-hydrogen) atoms. The number of aryl methyl sites for hydroxylation is 1. The van der Waals surface area contributed by atoms with Crippen molar-refractivity contribution in [1.82, 2.24) is 4.98 Å². The number of hydrogen-bond donors (Lipinski definition) is 0. The number of nitrogens with zero attached hydrogens (tertiary/aromatic N) is 1. The van der Waals surface area contributed by atoms with E-state index in [4.69, 9.17) is 20.8 Å². The first-order valence-electron chi connectivity index (χ1n) is 4.94. The van der Waals surface area contributed by atoms with E-state index in [9.17, 15) is 0 Å². The van der Waals surface area contributed by atoms with Gasteiger partial charge in [-0.05, 0) is 6.42 Å². The summed E-state index contributed by atoms with van der Waals surface area (Å²) in [5, 5.41) is 0. The van der Waals surface area contributed by atoms with Gasteiger partial charge in [0.15, 0.2) is 5.89 Å². The molecule has 3 nitrogen and oxygen atoms in total. The highest BCUT2D eigenvalue weighted by Crippen LogP contribution is 2.05. The van der Waals surface area contributed by atoms with Gasteiger partial charge in [-0.2, -0.15) is 0 Å². The highest BCUT2D eigenvalue weighted by Gasteiger charge is 2.02. The Morgan fingerprint density at radius 1 is 1.43 bits per heavy atom. The van der Waals surface area contributed by atoms with Crippen LogP contribution in [0, 0.1) is 0 Å². The molecule has 0 fully saturated rings. The highest BCUT2D eigenvalue weighted by molar-refractivity contribution is 6.17. The molecule has 0 aliphatic heterocycles. The van der Waals surface area contributed by atoms with Crippen LogP contribution in [0.2, 0.25) is 0 Å². The zero-order chi connectivity index (χ0) is 10.2. The highest BCUT2D eigenvalue weighted by atomic mass is 35.5. The average molecular weight is 218 g/mol. The summed E-state index contributed by atoms with van der Waals surface area (Å²) in [4.78, 5) is 4.10. The van der Waals surface area contributed by atoms with Crippen LogP contribution in [0.5, 0.6) is 0 Å². The largest absolute Gasteiger partial charge is 0.446 e. The molecule has 0 amide bonds. The van der Waals surface area contributed by atoms with Gasteiger partial charge in [0.1, 0.15) is 5.76 Å². The third-order valence-corrected chi connectivity index (χ3v) is 1.94. The van der Waals surface area contributed by atoms with Crippen LogP contribution in [0.3, 0.4) is 0 Å². The molecule has 0 aromatic carbocycles. The van der Waals surface area contributed by atoms with E-state index in [2.05, 4.69) is 11.9 Å². The van der Waals surface area contributed by atoms with Crippen LogP contribution in [0.15, 0.2) is 10.6 Å². The van der Waals surface area contributed by atoms with Gasteiger partial charge in [-0.25, -0.2) is 4.98 Å². The number of hydrogen-bond acceptors (Lipinski definition) is 3. The van der Waals surface area contributed by atoms with Crippen molar-refractivity contribution in [3.05, 3.63) is 17.8 Å². The summed E-state index contributed by atoms with van der Waals surface area (Å²) in [6.45, 7) is 3.60. The molecule has 1 aromatic heterocycles. The van der Waals surface area contributed by atoms with Gasteiger partial charge in [0.2, 0.25) is 0 Å². The number of ether oxygens (including phenoxy) is 1. The second kappa shape index (κ2) is 6.85. The molecular formula is C10H16ClNO2. The van der Waals surface area contributed by atoms with Crippen molar-refractivity contribution >= 4 is 11.6 Å². The molecule has 0 aliphatic carbocycles. The van der Waals surface area contributed by atoms with Crippen LogP contribution >= 0.6 is 11.6 Å². The first-order valence-corrected chi connectivity index (χ1v) is 5.47. The molecule has 0 atom stereocenters. The van der Waals surface area contributed by atoms with Crippen molar-refractivity contribution in [2.75, 3.05) is 19.1 Å². The molecule has 80 valence electrons. The molecule has 0 saturated carbocycles.